The van der Waals surface area contributed by atoms with E-state index >= 15 is 0 Å². The van der Waals surface area contributed by atoms with Crippen LogP contribution in [0, 0.1) is 0 Å². The van der Waals surface area contributed by atoms with Crippen LogP contribution >= 0.6 is 7.60 Å². The van der Waals surface area contributed by atoms with E-state index in [1.54, 1.807) is 13.8 Å². The lowest BCUT2D eigenvalue weighted by molar-refractivity contribution is 0.116. The first-order valence-corrected chi connectivity index (χ1v) is 5.92. The molecule has 0 aromatic carbocycles. The Morgan fingerprint density at radius 1 is 1.36 bits per heavy atom. The molecule has 0 aromatic rings. The van der Waals surface area contributed by atoms with Gasteiger partial charge in [0.2, 0.25) is 5.85 Å². The van der Waals surface area contributed by atoms with Crippen molar-refractivity contribution in [3.63, 3.8) is 0 Å². The summed E-state index contributed by atoms with van der Waals surface area (Å²) in [5.41, 5.74) is 4.79. The molecule has 84 valence electrons. The third-order valence-corrected chi connectivity index (χ3v) is 3.58. The van der Waals surface area contributed by atoms with Gasteiger partial charge >= 0.3 is 13.7 Å². The van der Waals surface area contributed by atoms with Gasteiger partial charge in [-0.05, 0) is 20.8 Å². The lowest BCUT2D eigenvalue weighted by atomic mass is 10.8. The van der Waals surface area contributed by atoms with E-state index in [0.717, 1.165) is 0 Å². The van der Waals surface area contributed by atoms with Gasteiger partial charge in [0, 0.05) is 0 Å². The summed E-state index contributed by atoms with van der Waals surface area (Å²) in [7, 11) is -3.39. The maximum absolute atomic E-state index is 11.9. The molecule has 7 heteroatoms. The quantitative estimate of drug-likeness (QED) is 0.695. The molecule has 2 N–H and O–H groups in total. The Morgan fingerprint density at radius 3 is 2.07 bits per heavy atom. The maximum Gasteiger partial charge on any atom is 0.405 e. The molecule has 0 spiro atoms. The van der Waals surface area contributed by atoms with Gasteiger partial charge < -0.3 is 19.5 Å². The molecule has 0 radical (unpaired) electrons. The first-order valence-electron chi connectivity index (χ1n) is 4.31. The smallest absolute Gasteiger partial charge is 0.405 e. The van der Waals surface area contributed by atoms with E-state index in [2.05, 4.69) is 4.74 Å². The van der Waals surface area contributed by atoms with Crippen LogP contribution < -0.4 is 5.73 Å². The van der Waals surface area contributed by atoms with Gasteiger partial charge in [0.25, 0.3) is 0 Å². The zero-order chi connectivity index (χ0) is 11.2. The van der Waals surface area contributed by atoms with Crippen LogP contribution in [0.4, 0.5) is 4.79 Å². The van der Waals surface area contributed by atoms with Crippen molar-refractivity contribution in [1.82, 2.24) is 0 Å². The molecule has 0 bridgehead atoms. The maximum atomic E-state index is 11.9. The molecule has 0 heterocycles. The first kappa shape index (κ1) is 13.4. The highest BCUT2D eigenvalue weighted by Crippen LogP contribution is 2.53. The van der Waals surface area contributed by atoms with Crippen molar-refractivity contribution in [3.05, 3.63) is 0 Å². The van der Waals surface area contributed by atoms with Gasteiger partial charge in [-0.25, -0.2) is 4.79 Å². The van der Waals surface area contributed by atoms with Crippen molar-refractivity contribution < 1.29 is 23.1 Å². The Morgan fingerprint density at radius 2 is 1.79 bits per heavy atom. The number of ether oxygens (including phenoxy) is 1. The van der Waals surface area contributed by atoms with Crippen molar-refractivity contribution in [2.24, 2.45) is 5.73 Å². The molecule has 6 nitrogen and oxygen atoms in total. The van der Waals surface area contributed by atoms with Crippen LogP contribution in [0.15, 0.2) is 0 Å². The Balaban J connectivity index is 4.46. The standard InChI is InChI=1S/C7H16NO5P/c1-4-11-14(10,12-5-2)6(3)13-7(8)9/h6H,4-5H2,1-3H3,(H2,8,9). The minimum Gasteiger partial charge on any atom is -0.434 e. The van der Waals surface area contributed by atoms with E-state index in [9.17, 15) is 9.36 Å². The average molecular weight is 225 g/mol. The molecule has 0 rings (SSSR count). The van der Waals surface area contributed by atoms with Crippen molar-refractivity contribution >= 4 is 13.7 Å². The monoisotopic (exact) mass is 225 g/mol. The Bertz CT molecular complexity index is 222. The summed E-state index contributed by atoms with van der Waals surface area (Å²) in [6, 6.07) is 0. The zero-order valence-electron chi connectivity index (χ0n) is 8.56. The largest absolute Gasteiger partial charge is 0.434 e. The molecule has 0 aromatic heterocycles. The van der Waals surface area contributed by atoms with E-state index in [0.29, 0.717) is 0 Å². The second-order valence-electron chi connectivity index (χ2n) is 2.41. The van der Waals surface area contributed by atoms with Gasteiger partial charge in [-0.1, -0.05) is 0 Å². The van der Waals surface area contributed by atoms with Gasteiger partial charge in [0.05, 0.1) is 13.2 Å². The summed E-state index contributed by atoms with van der Waals surface area (Å²) < 4.78 is 26.3. The molecule has 0 fully saturated rings. The van der Waals surface area contributed by atoms with Crippen molar-refractivity contribution in [3.8, 4) is 0 Å². The Labute approximate surface area is 83.2 Å². The van der Waals surface area contributed by atoms with Crippen LogP contribution in [0.1, 0.15) is 20.8 Å². The predicted molar refractivity (Wildman–Crippen MR) is 51.0 cm³/mol. The second-order valence-corrected chi connectivity index (χ2v) is 4.73. The summed E-state index contributed by atoms with van der Waals surface area (Å²) >= 11 is 0. The molecule has 1 atom stereocenters. The zero-order valence-corrected chi connectivity index (χ0v) is 9.45. The van der Waals surface area contributed by atoms with E-state index in [4.69, 9.17) is 14.8 Å². The number of hydrogen-bond donors (Lipinski definition) is 1. The molecule has 14 heavy (non-hydrogen) atoms. The molecule has 0 aliphatic heterocycles. The minimum atomic E-state index is -3.39. The van der Waals surface area contributed by atoms with Gasteiger partial charge in [-0.2, -0.15) is 0 Å². The Hall–Kier alpha value is -0.580. The molecule has 0 aliphatic carbocycles. The number of carbonyl (C=O) groups excluding carboxylic acids is 1. The van der Waals surface area contributed by atoms with E-state index in [1.165, 1.54) is 6.92 Å². The van der Waals surface area contributed by atoms with E-state index in [-0.39, 0.29) is 13.2 Å². The lowest BCUT2D eigenvalue weighted by Gasteiger charge is -2.22. The van der Waals surface area contributed by atoms with Gasteiger partial charge in [-0.3, -0.25) is 4.57 Å². The third-order valence-electron chi connectivity index (χ3n) is 1.35. The summed E-state index contributed by atoms with van der Waals surface area (Å²) in [5.74, 6) is -0.986. The highest BCUT2D eigenvalue weighted by atomic mass is 31.2. The fourth-order valence-electron chi connectivity index (χ4n) is 0.840. The molecular formula is C7H16NO5P. The van der Waals surface area contributed by atoms with Gasteiger partial charge in [0.1, 0.15) is 0 Å². The number of amides is 1. The number of primary amides is 1. The van der Waals surface area contributed by atoms with Crippen LogP contribution in [-0.4, -0.2) is 25.2 Å². The highest BCUT2D eigenvalue weighted by molar-refractivity contribution is 7.54. The average Bonchev–Trinajstić information content (AvgIpc) is 2.03. The van der Waals surface area contributed by atoms with Crippen molar-refractivity contribution in [2.75, 3.05) is 13.2 Å². The summed E-state index contributed by atoms with van der Waals surface area (Å²) in [5, 5.41) is 0. The SMILES string of the molecule is CCOP(=O)(OCC)C(C)OC(N)=O. The van der Waals surface area contributed by atoms with Crippen molar-refractivity contribution in [2.45, 2.75) is 26.6 Å². The van der Waals surface area contributed by atoms with Gasteiger partial charge in [0.15, 0.2) is 0 Å². The van der Waals surface area contributed by atoms with Crippen LogP contribution in [0.3, 0.4) is 0 Å². The second kappa shape index (κ2) is 6.01. The summed E-state index contributed by atoms with van der Waals surface area (Å²) in [6.45, 7) is 5.18. The van der Waals surface area contributed by atoms with Crippen LogP contribution in [0.2, 0.25) is 0 Å². The first-order chi connectivity index (χ1) is 6.46. The summed E-state index contributed by atoms with van der Waals surface area (Å²) in [4.78, 5) is 10.4. The number of nitrogens with two attached hydrogens (primary N) is 1. The molecule has 0 saturated heterocycles. The fourth-order valence-corrected chi connectivity index (χ4v) is 2.29. The molecule has 0 saturated carbocycles. The van der Waals surface area contributed by atoms with Crippen LogP contribution in [-0.2, 0) is 18.3 Å². The summed E-state index contributed by atoms with van der Waals surface area (Å²) in [6.07, 6.45) is -1.00. The number of carbonyl (C=O) groups is 1. The van der Waals surface area contributed by atoms with Gasteiger partial charge in [-0.15, -0.1) is 0 Å². The van der Waals surface area contributed by atoms with E-state index < -0.39 is 19.5 Å². The molecule has 1 unspecified atom stereocenters. The van der Waals surface area contributed by atoms with E-state index in [1.807, 2.05) is 0 Å². The third kappa shape index (κ3) is 4.09. The molecule has 1 amide bonds. The van der Waals surface area contributed by atoms with Crippen molar-refractivity contribution in [1.29, 1.82) is 0 Å². The number of hydrogen-bond acceptors (Lipinski definition) is 5. The molecule has 0 aliphatic rings. The normalized spacial score (nSPS) is 13.6. The molecular weight excluding hydrogens is 209 g/mol. The highest BCUT2D eigenvalue weighted by Gasteiger charge is 2.34. The topological polar surface area (TPSA) is 87.8 Å². The predicted octanol–water partition coefficient (Wildman–Crippen LogP) is 1.69. The minimum absolute atomic E-state index is 0.212. The van der Waals surface area contributed by atoms with Crippen LogP contribution in [0.25, 0.3) is 0 Å². The number of rotatable bonds is 6. The fraction of sp³-hybridized carbons (Fsp3) is 0.857. The Kier molecular flexibility index (Phi) is 5.76. The van der Waals surface area contributed by atoms with Crippen LogP contribution in [0.5, 0.6) is 0 Å². The lowest BCUT2D eigenvalue weighted by Crippen LogP contribution is -2.22.